The predicted molar refractivity (Wildman–Crippen MR) is 111 cm³/mol. The van der Waals surface area contributed by atoms with E-state index < -0.39 is 10.8 Å². The number of benzene rings is 2. The number of carbonyl (C=O) groups is 1. The molecular weight excluding hydrogens is 408 g/mol. The summed E-state index contributed by atoms with van der Waals surface area (Å²) in [6.07, 6.45) is 0. The van der Waals surface area contributed by atoms with Crippen LogP contribution in [-0.4, -0.2) is 28.1 Å². The SMILES string of the molecule is COc1ccc(C(=O)Nc2ccccc2-c2nc(-c3cccs3)no2)cc1[N+](=O)[O-]. The molecule has 0 bridgehead atoms. The van der Waals surface area contributed by atoms with Crippen LogP contribution in [0.3, 0.4) is 0 Å². The van der Waals surface area contributed by atoms with Crippen LogP contribution >= 0.6 is 11.3 Å². The normalized spacial score (nSPS) is 10.6. The van der Waals surface area contributed by atoms with Gasteiger partial charge in [-0.25, -0.2) is 0 Å². The number of nitro groups is 1. The summed E-state index contributed by atoms with van der Waals surface area (Å²) >= 11 is 1.48. The third kappa shape index (κ3) is 3.76. The van der Waals surface area contributed by atoms with Crippen molar-refractivity contribution in [1.82, 2.24) is 10.1 Å². The highest BCUT2D eigenvalue weighted by atomic mass is 32.1. The van der Waals surface area contributed by atoms with Crippen LogP contribution in [0.25, 0.3) is 22.2 Å². The molecule has 2 aromatic carbocycles. The van der Waals surface area contributed by atoms with E-state index in [1.165, 1.54) is 36.6 Å². The molecule has 4 rings (SSSR count). The number of ether oxygens (including phenoxy) is 1. The second-order valence-electron chi connectivity index (χ2n) is 6.04. The van der Waals surface area contributed by atoms with E-state index in [1.807, 2.05) is 17.5 Å². The van der Waals surface area contributed by atoms with Crippen LogP contribution in [0, 0.1) is 10.1 Å². The van der Waals surface area contributed by atoms with Crippen molar-refractivity contribution in [3.05, 3.63) is 75.7 Å². The number of amides is 1. The number of methoxy groups -OCH3 is 1. The fourth-order valence-electron chi connectivity index (χ4n) is 2.79. The van der Waals surface area contributed by atoms with Gasteiger partial charge in [-0.1, -0.05) is 23.4 Å². The number of nitrogens with zero attached hydrogens (tertiary/aromatic N) is 3. The number of para-hydroxylation sites is 1. The summed E-state index contributed by atoms with van der Waals surface area (Å²) in [5, 5.41) is 19.9. The minimum absolute atomic E-state index is 0.0731. The Labute approximate surface area is 174 Å². The number of nitrogens with one attached hydrogen (secondary N) is 1. The van der Waals surface area contributed by atoms with Crippen molar-refractivity contribution in [3.63, 3.8) is 0 Å². The van der Waals surface area contributed by atoms with Gasteiger partial charge in [0, 0.05) is 11.6 Å². The van der Waals surface area contributed by atoms with Gasteiger partial charge in [-0.15, -0.1) is 11.3 Å². The minimum Gasteiger partial charge on any atom is -0.490 e. The maximum Gasteiger partial charge on any atom is 0.311 e. The second kappa shape index (κ2) is 8.13. The van der Waals surface area contributed by atoms with Crippen LogP contribution in [-0.2, 0) is 0 Å². The molecule has 1 N–H and O–H groups in total. The van der Waals surface area contributed by atoms with Crippen molar-refractivity contribution in [3.8, 4) is 27.9 Å². The summed E-state index contributed by atoms with van der Waals surface area (Å²) in [5.74, 6) is 0.247. The molecule has 0 aliphatic carbocycles. The van der Waals surface area contributed by atoms with Crippen LogP contribution < -0.4 is 10.1 Å². The molecule has 0 unspecified atom stereocenters. The smallest absolute Gasteiger partial charge is 0.311 e. The monoisotopic (exact) mass is 422 g/mol. The Bertz CT molecular complexity index is 1220. The highest BCUT2D eigenvalue weighted by molar-refractivity contribution is 7.13. The Kier molecular flexibility index (Phi) is 5.22. The summed E-state index contributed by atoms with van der Waals surface area (Å²) < 4.78 is 10.3. The van der Waals surface area contributed by atoms with Gasteiger partial charge >= 0.3 is 5.69 Å². The summed E-state index contributed by atoms with van der Waals surface area (Å²) in [6, 6.07) is 14.7. The molecule has 0 aliphatic rings. The molecule has 9 nitrogen and oxygen atoms in total. The van der Waals surface area contributed by atoms with Crippen molar-refractivity contribution in [2.45, 2.75) is 0 Å². The van der Waals surface area contributed by atoms with Crippen LogP contribution in [0.5, 0.6) is 5.75 Å². The van der Waals surface area contributed by atoms with Crippen molar-refractivity contribution in [2.75, 3.05) is 12.4 Å². The zero-order valence-corrected chi connectivity index (χ0v) is 16.4. The highest BCUT2D eigenvalue weighted by Crippen LogP contribution is 2.31. The number of hydrogen-bond donors (Lipinski definition) is 1. The standard InChI is InChI=1S/C20H14N4O5S/c1-28-16-9-8-12(11-15(16)24(26)27)19(25)21-14-6-3-2-5-13(14)20-22-18(23-29-20)17-7-4-10-30-17/h2-11H,1H3,(H,21,25). The maximum absolute atomic E-state index is 12.7. The van der Waals surface area contributed by atoms with E-state index in [0.29, 0.717) is 17.1 Å². The first-order chi connectivity index (χ1) is 14.6. The second-order valence-corrected chi connectivity index (χ2v) is 6.99. The van der Waals surface area contributed by atoms with Crippen molar-refractivity contribution in [1.29, 1.82) is 0 Å². The van der Waals surface area contributed by atoms with E-state index in [4.69, 9.17) is 9.26 Å². The Balaban J connectivity index is 1.63. The molecule has 2 aromatic heterocycles. The lowest BCUT2D eigenvalue weighted by atomic mass is 10.1. The van der Waals surface area contributed by atoms with Crippen LogP contribution in [0.2, 0.25) is 0 Å². The number of nitro benzene ring substituents is 1. The molecule has 0 saturated heterocycles. The Hall–Kier alpha value is -4.05. The van der Waals surface area contributed by atoms with Crippen molar-refractivity contribution in [2.24, 2.45) is 0 Å². The summed E-state index contributed by atoms with van der Waals surface area (Å²) in [7, 11) is 1.33. The number of thiophene rings is 1. The quantitative estimate of drug-likeness (QED) is 0.355. The molecule has 150 valence electrons. The van der Waals surface area contributed by atoms with Crippen molar-refractivity contribution < 1.29 is 19.0 Å². The van der Waals surface area contributed by atoms with Crippen LogP contribution in [0.4, 0.5) is 11.4 Å². The van der Waals surface area contributed by atoms with Gasteiger partial charge in [-0.3, -0.25) is 14.9 Å². The highest BCUT2D eigenvalue weighted by Gasteiger charge is 2.20. The third-order valence-corrected chi connectivity index (χ3v) is 5.08. The van der Waals surface area contributed by atoms with Gasteiger partial charge in [-0.2, -0.15) is 4.98 Å². The van der Waals surface area contributed by atoms with Crippen molar-refractivity contribution >= 4 is 28.6 Å². The van der Waals surface area contributed by atoms with Gasteiger partial charge in [0.15, 0.2) is 5.75 Å². The first kappa shape index (κ1) is 19.3. The molecule has 0 saturated carbocycles. The van der Waals surface area contributed by atoms with Gasteiger partial charge in [-0.05, 0) is 35.7 Å². The fraction of sp³-hybridized carbons (Fsp3) is 0.0500. The first-order valence-corrected chi connectivity index (χ1v) is 9.55. The molecule has 30 heavy (non-hydrogen) atoms. The van der Waals surface area contributed by atoms with Crippen LogP contribution in [0.1, 0.15) is 10.4 Å². The lowest BCUT2D eigenvalue weighted by molar-refractivity contribution is -0.385. The summed E-state index contributed by atoms with van der Waals surface area (Å²) in [5.41, 5.74) is 0.782. The molecule has 2 heterocycles. The zero-order chi connectivity index (χ0) is 21.1. The molecular formula is C20H14N4O5S. The maximum atomic E-state index is 12.7. The number of hydrogen-bond acceptors (Lipinski definition) is 8. The number of carbonyl (C=O) groups excluding carboxylic acids is 1. The summed E-state index contributed by atoms with van der Waals surface area (Å²) in [4.78, 5) is 28.6. The molecule has 1 amide bonds. The average molecular weight is 422 g/mol. The zero-order valence-electron chi connectivity index (χ0n) is 15.6. The molecule has 0 atom stereocenters. The number of aromatic nitrogens is 2. The van der Waals surface area contributed by atoms with E-state index >= 15 is 0 Å². The van der Waals surface area contributed by atoms with Gasteiger partial charge in [0.2, 0.25) is 5.82 Å². The van der Waals surface area contributed by atoms with Gasteiger partial charge < -0.3 is 14.6 Å². The molecule has 0 spiro atoms. The Morgan fingerprint density at radius 3 is 2.77 bits per heavy atom. The van der Waals surface area contributed by atoms with E-state index in [1.54, 1.807) is 24.3 Å². The number of rotatable bonds is 6. The lowest BCUT2D eigenvalue weighted by Gasteiger charge is -2.09. The third-order valence-electron chi connectivity index (χ3n) is 4.21. The average Bonchev–Trinajstić information content (AvgIpc) is 3.45. The Morgan fingerprint density at radius 2 is 2.03 bits per heavy atom. The lowest BCUT2D eigenvalue weighted by Crippen LogP contribution is -2.13. The van der Waals surface area contributed by atoms with E-state index in [9.17, 15) is 14.9 Å². The van der Waals surface area contributed by atoms with Gasteiger partial charge in [0.05, 0.1) is 28.2 Å². The first-order valence-electron chi connectivity index (χ1n) is 8.67. The molecule has 10 heteroatoms. The van der Waals surface area contributed by atoms with Crippen LogP contribution in [0.15, 0.2) is 64.5 Å². The van der Waals surface area contributed by atoms with E-state index in [0.717, 1.165) is 4.88 Å². The van der Waals surface area contributed by atoms with E-state index in [2.05, 4.69) is 15.5 Å². The largest absolute Gasteiger partial charge is 0.490 e. The fourth-order valence-corrected chi connectivity index (χ4v) is 3.43. The minimum atomic E-state index is -0.603. The predicted octanol–water partition coefficient (Wildman–Crippen LogP) is 4.63. The molecule has 0 radical (unpaired) electrons. The van der Waals surface area contributed by atoms with Gasteiger partial charge in [0.25, 0.3) is 11.8 Å². The topological polar surface area (TPSA) is 120 Å². The summed E-state index contributed by atoms with van der Waals surface area (Å²) in [6.45, 7) is 0. The van der Waals surface area contributed by atoms with Gasteiger partial charge in [0.1, 0.15) is 0 Å². The van der Waals surface area contributed by atoms with E-state index in [-0.39, 0.29) is 22.9 Å². The molecule has 4 aromatic rings. The molecule has 0 aliphatic heterocycles. The number of anilines is 1. The Morgan fingerprint density at radius 1 is 1.20 bits per heavy atom. The molecule has 0 fully saturated rings.